The van der Waals surface area contributed by atoms with Gasteiger partial charge in [0.1, 0.15) is 5.75 Å². The van der Waals surface area contributed by atoms with Gasteiger partial charge in [0, 0.05) is 18.3 Å². The number of ether oxygens (including phenoxy) is 1. The number of hydrogen-bond donors (Lipinski definition) is 2. The van der Waals surface area contributed by atoms with Crippen LogP contribution >= 0.6 is 0 Å². The summed E-state index contributed by atoms with van der Waals surface area (Å²) in [6.07, 6.45) is 1.10. The molecule has 1 aromatic rings. The fraction of sp³-hybridized carbons (Fsp3) is 0.500. The second kappa shape index (κ2) is 6.54. The largest absolute Gasteiger partial charge is 0.497 e. The Morgan fingerprint density at radius 3 is 2.74 bits per heavy atom. The summed E-state index contributed by atoms with van der Waals surface area (Å²) in [4.78, 5) is 14.0. The van der Waals surface area contributed by atoms with E-state index in [2.05, 4.69) is 22.6 Å². The van der Waals surface area contributed by atoms with E-state index in [1.54, 1.807) is 7.11 Å². The minimum Gasteiger partial charge on any atom is -0.497 e. The Morgan fingerprint density at radius 1 is 1.42 bits per heavy atom. The van der Waals surface area contributed by atoms with Crippen molar-refractivity contribution in [2.75, 3.05) is 39.1 Å². The van der Waals surface area contributed by atoms with Crippen LogP contribution in [0.2, 0.25) is 0 Å². The number of likely N-dealkylation sites (tertiary alicyclic amines) is 1. The molecule has 1 fully saturated rings. The van der Waals surface area contributed by atoms with Gasteiger partial charge in [0.2, 0.25) is 5.91 Å². The van der Waals surface area contributed by atoms with Crippen molar-refractivity contribution >= 4 is 11.6 Å². The van der Waals surface area contributed by atoms with Crippen LogP contribution in [0.5, 0.6) is 5.75 Å². The van der Waals surface area contributed by atoms with Crippen LogP contribution in [-0.4, -0.2) is 50.6 Å². The van der Waals surface area contributed by atoms with Gasteiger partial charge >= 0.3 is 0 Å². The van der Waals surface area contributed by atoms with Crippen LogP contribution in [0.15, 0.2) is 24.3 Å². The van der Waals surface area contributed by atoms with E-state index >= 15 is 0 Å². The Morgan fingerprint density at radius 2 is 2.16 bits per heavy atom. The first-order valence-corrected chi connectivity index (χ1v) is 6.53. The van der Waals surface area contributed by atoms with Crippen molar-refractivity contribution in [1.82, 2.24) is 10.2 Å². The maximum absolute atomic E-state index is 11.8. The molecule has 1 heterocycles. The highest BCUT2D eigenvalue weighted by Crippen LogP contribution is 2.14. The average Bonchev–Trinajstić information content (AvgIpc) is 2.83. The number of carbonyl (C=O) groups excluding carboxylic acids is 1. The predicted molar refractivity (Wildman–Crippen MR) is 75.5 cm³/mol. The maximum atomic E-state index is 11.8. The van der Waals surface area contributed by atoms with E-state index in [4.69, 9.17) is 4.74 Å². The van der Waals surface area contributed by atoms with Gasteiger partial charge in [0.15, 0.2) is 0 Å². The molecule has 2 rings (SSSR count). The second-order valence-electron chi connectivity index (χ2n) is 4.91. The molecule has 1 amide bonds. The van der Waals surface area contributed by atoms with Gasteiger partial charge in [-0.2, -0.15) is 0 Å². The van der Waals surface area contributed by atoms with Gasteiger partial charge in [-0.05, 0) is 44.3 Å². The van der Waals surface area contributed by atoms with E-state index in [0.717, 1.165) is 30.9 Å². The molecule has 0 aliphatic carbocycles. The number of rotatable bonds is 5. The fourth-order valence-electron chi connectivity index (χ4n) is 2.22. The molecule has 1 saturated heterocycles. The van der Waals surface area contributed by atoms with E-state index in [9.17, 15) is 4.79 Å². The predicted octanol–water partition coefficient (Wildman–Crippen LogP) is 0.927. The van der Waals surface area contributed by atoms with E-state index in [0.29, 0.717) is 12.6 Å². The number of likely N-dealkylation sites (N-methyl/N-ethyl adjacent to an activating group) is 1. The Bertz CT molecular complexity index is 419. The normalized spacial score (nSPS) is 19.4. The summed E-state index contributed by atoms with van der Waals surface area (Å²) in [6.45, 7) is 2.46. The molecule has 1 aromatic carbocycles. The molecule has 1 aliphatic heterocycles. The molecule has 5 nitrogen and oxygen atoms in total. The Labute approximate surface area is 113 Å². The zero-order valence-corrected chi connectivity index (χ0v) is 11.5. The third kappa shape index (κ3) is 4.22. The van der Waals surface area contributed by atoms with E-state index in [-0.39, 0.29) is 5.91 Å². The summed E-state index contributed by atoms with van der Waals surface area (Å²) < 4.78 is 5.07. The van der Waals surface area contributed by atoms with Crippen molar-refractivity contribution in [3.8, 4) is 5.75 Å². The SMILES string of the molecule is COc1ccc(NC(=O)CNC2CCN(C)C2)cc1. The van der Waals surface area contributed by atoms with E-state index < -0.39 is 0 Å². The zero-order chi connectivity index (χ0) is 13.7. The van der Waals surface area contributed by atoms with Gasteiger partial charge < -0.3 is 20.3 Å². The molecule has 0 aromatic heterocycles. The van der Waals surface area contributed by atoms with Gasteiger partial charge in [0.05, 0.1) is 13.7 Å². The number of hydrogen-bond acceptors (Lipinski definition) is 4. The quantitative estimate of drug-likeness (QED) is 0.830. The third-order valence-corrected chi connectivity index (χ3v) is 3.32. The Balaban J connectivity index is 1.74. The molecule has 104 valence electrons. The molecule has 5 heteroatoms. The Kier molecular flexibility index (Phi) is 4.76. The van der Waals surface area contributed by atoms with Crippen LogP contribution in [0.3, 0.4) is 0 Å². The summed E-state index contributed by atoms with van der Waals surface area (Å²) in [5.74, 6) is 0.768. The third-order valence-electron chi connectivity index (χ3n) is 3.32. The van der Waals surface area contributed by atoms with Crippen molar-refractivity contribution in [3.05, 3.63) is 24.3 Å². The zero-order valence-electron chi connectivity index (χ0n) is 11.5. The molecular weight excluding hydrogens is 242 g/mol. The van der Waals surface area contributed by atoms with Crippen LogP contribution in [0.4, 0.5) is 5.69 Å². The molecule has 1 aliphatic rings. The van der Waals surface area contributed by atoms with E-state index in [1.165, 1.54) is 0 Å². The summed E-state index contributed by atoms with van der Waals surface area (Å²) in [6, 6.07) is 7.75. The van der Waals surface area contributed by atoms with Gasteiger partial charge in [-0.1, -0.05) is 0 Å². The minimum absolute atomic E-state index is 0.0141. The maximum Gasteiger partial charge on any atom is 0.238 e. The lowest BCUT2D eigenvalue weighted by atomic mass is 10.2. The van der Waals surface area contributed by atoms with Crippen LogP contribution in [0.25, 0.3) is 0 Å². The smallest absolute Gasteiger partial charge is 0.238 e. The first kappa shape index (κ1) is 13.8. The molecule has 0 radical (unpaired) electrons. The molecular formula is C14H21N3O2. The average molecular weight is 263 g/mol. The number of anilines is 1. The lowest BCUT2D eigenvalue weighted by Crippen LogP contribution is -2.37. The molecule has 0 bridgehead atoms. The van der Waals surface area contributed by atoms with Crippen molar-refractivity contribution in [2.45, 2.75) is 12.5 Å². The van der Waals surface area contributed by atoms with Crippen molar-refractivity contribution in [1.29, 1.82) is 0 Å². The first-order chi connectivity index (χ1) is 9.17. The minimum atomic E-state index is -0.0141. The lowest BCUT2D eigenvalue weighted by Gasteiger charge is -2.12. The monoisotopic (exact) mass is 263 g/mol. The number of benzene rings is 1. The molecule has 0 saturated carbocycles. The molecule has 19 heavy (non-hydrogen) atoms. The highest BCUT2D eigenvalue weighted by atomic mass is 16.5. The van der Waals surface area contributed by atoms with Crippen molar-refractivity contribution < 1.29 is 9.53 Å². The number of amides is 1. The molecule has 2 N–H and O–H groups in total. The van der Waals surface area contributed by atoms with Crippen molar-refractivity contribution in [2.24, 2.45) is 0 Å². The van der Waals surface area contributed by atoms with Crippen LogP contribution in [0.1, 0.15) is 6.42 Å². The molecule has 1 unspecified atom stereocenters. The van der Waals surface area contributed by atoms with Crippen molar-refractivity contribution in [3.63, 3.8) is 0 Å². The number of nitrogens with zero attached hydrogens (tertiary/aromatic N) is 1. The topological polar surface area (TPSA) is 53.6 Å². The summed E-state index contributed by atoms with van der Waals surface area (Å²) in [5, 5.41) is 6.13. The van der Waals surface area contributed by atoms with Crippen LogP contribution in [0, 0.1) is 0 Å². The number of nitrogens with one attached hydrogen (secondary N) is 2. The molecule has 1 atom stereocenters. The number of carbonyl (C=O) groups is 1. The highest BCUT2D eigenvalue weighted by molar-refractivity contribution is 5.92. The Hall–Kier alpha value is -1.59. The summed E-state index contributed by atoms with van der Waals surface area (Å²) in [5.41, 5.74) is 0.788. The lowest BCUT2D eigenvalue weighted by molar-refractivity contribution is -0.115. The van der Waals surface area contributed by atoms with Gasteiger partial charge in [0.25, 0.3) is 0 Å². The fourth-order valence-corrected chi connectivity index (χ4v) is 2.22. The summed E-state index contributed by atoms with van der Waals surface area (Å²) in [7, 11) is 3.72. The van der Waals surface area contributed by atoms with Gasteiger partial charge in [-0.25, -0.2) is 0 Å². The van der Waals surface area contributed by atoms with E-state index in [1.807, 2.05) is 24.3 Å². The summed E-state index contributed by atoms with van der Waals surface area (Å²) >= 11 is 0. The van der Waals surface area contributed by atoms with Gasteiger partial charge in [-0.15, -0.1) is 0 Å². The standard InChI is InChI=1S/C14H21N3O2/c1-17-8-7-12(10-17)15-9-14(18)16-11-3-5-13(19-2)6-4-11/h3-6,12,15H,7-10H2,1-2H3,(H,16,18). The number of methoxy groups -OCH3 is 1. The highest BCUT2D eigenvalue weighted by Gasteiger charge is 2.19. The van der Waals surface area contributed by atoms with Gasteiger partial charge in [-0.3, -0.25) is 4.79 Å². The second-order valence-corrected chi connectivity index (χ2v) is 4.91. The molecule has 0 spiro atoms. The first-order valence-electron chi connectivity index (χ1n) is 6.53. The van der Waals surface area contributed by atoms with Crippen LogP contribution in [-0.2, 0) is 4.79 Å². The van der Waals surface area contributed by atoms with Crippen LogP contribution < -0.4 is 15.4 Å².